The Balaban J connectivity index is 1.71. The molecule has 13 nitrogen and oxygen atoms in total. The van der Waals surface area contributed by atoms with Crippen LogP contribution in [0.2, 0.25) is 5.02 Å². The SMILES string of the molecule is CC(C)C[C@@H](NC(=O)[C@H]1C[C@@H](N2CC(=O)N(c3ccccc3Cl)CC2(C)C)CN(S(=O)(=O)c2ccccc2[N+](=O)[O-])C1)C(=O)N(C)C. The smallest absolute Gasteiger partial charge is 0.289 e. The highest BCUT2D eigenvalue weighted by molar-refractivity contribution is 7.89. The van der Waals surface area contributed by atoms with Crippen LogP contribution in [-0.2, 0) is 24.4 Å². The third kappa shape index (κ3) is 7.94. The molecule has 2 aliphatic heterocycles. The maximum Gasteiger partial charge on any atom is 0.289 e. The molecule has 0 saturated carbocycles. The van der Waals surface area contributed by atoms with Gasteiger partial charge < -0.3 is 15.1 Å². The molecular formula is C32H43ClN6O7S. The van der Waals surface area contributed by atoms with Crippen LogP contribution in [0.1, 0.15) is 40.5 Å². The van der Waals surface area contributed by atoms with Crippen LogP contribution in [0, 0.1) is 22.0 Å². The fraction of sp³-hybridized carbons (Fsp3) is 0.531. The van der Waals surface area contributed by atoms with Crippen molar-refractivity contribution in [2.75, 3.05) is 45.2 Å². The number of benzene rings is 2. The van der Waals surface area contributed by atoms with Gasteiger partial charge in [0.25, 0.3) is 5.69 Å². The molecule has 0 bridgehead atoms. The van der Waals surface area contributed by atoms with E-state index in [9.17, 15) is 32.9 Å². The molecule has 4 rings (SSSR count). The summed E-state index contributed by atoms with van der Waals surface area (Å²) in [5.74, 6) is -1.86. The maximum absolute atomic E-state index is 14.1. The Hall–Kier alpha value is -3.59. The summed E-state index contributed by atoms with van der Waals surface area (Å²) in [6.07, 6.45) is 0.574. The van der Waals surface area contributed by atoms with Crippen molar-refractivity contribution in [2.45, 2.75) is 63.1 Å². The number of piperidine rings is 1. The van der Waals surface area contributed by atoms with Crippen molar-refractivity contribution < 1.29 is 27.7 Å². The maximum atomic E-state index is 14.1. The molecule has 2 heterocycles. The van der Waals surface area contributed by atoms with E-state index in [2.05, 4.69) is 5.32 Å². The second-order valence-corrected chi connectivity index (χ2v) is 15.7. The standard InChI is InChI=1S/C32H43ClN6O7S/c1-21(2)15-25(31(42)35(5)6)34-30(41)22-16-23(18-36(17-22)47(45,46)28-14-10-9-13-27(28)39(43)44)38-19-29(40)37(20-32(38,3)4)26-12-8-7-11-24(26)33/h7-14,21-23,25H,15-20H2,1-6H3,(H,34,41)/t22-,23+,25+/m0/s1. The van der Waals surface area contributed by atoms with Gasteiger partial charge in [0.15, 0.2) is 4.90 Å². The molecule has 256 valence electrons. The van der Waals surface area contributed by atoms with Gasteiger partial charge in [0.05, 0.1) is 28.1 Å². The number of likely N-dealkylation sites (N-methyl/N-ethyl adjacent to an activating group) is 1. The molecule has 1 N–H and O–H groups in total. The van der Waals surface area contributed by atoms with Crippen molar-refractivity contribution in [1.29, 1.82) is 0 Å². The molecule has 0 aromatic heterocycles. The summed E-state index contributed by atoms with van der Waals surface area (Å²) in [6.45, 7) is 7.54. The highest BCUT2D eigenvalue weighted by Crippen LogP contribution is 2.36. The number of rotatable bonds is 10. The molecule has 2 aliphatic rings. The predicted molar refractivity (Wildman–Crippen MR) is 178 cm³/mol. The van der Waals surface area contributed by atoms with Gasteiger partial charge in [-0.15, -0.1) is 0 Å². The lowest BCUT2D eigenvalue weighted by Gasteiger charge is -2.52. The highest BCUT2D eigenvalue weighted by atomic mass is 35.5. The van der Waals surface area contributed by atoms with Gasteiger partial charge in [-0.3, -0.25) is 29.4 Å². The summed E-state index contributed by atoms with van der Waals surface area (Å²) in [7, 11) is -1.27. The van der Waals surface area contributed by atoms with Crippen molar-refractivity contribution >= 4 is 50.7 Å². The van der Waals surface area contributed by atoms with Crippen molar-refractivity contribution in [2.24, 2.45) is 11.8 Å². The van der Waals surface area contributed by atoms with Gasteiger partial charge in [-0.1, -0.05) is 49.7 Å². The molecule has 2 aromatic rings. The number of hydrogen-bond donors (Lipinski definition) is 1. The fourth-order valence-electron chi connectivity index (χ4n) is 6.43. The van der Waals surface area contributed by atoms with E-state index < -0.39 is 55.0 Å². The van der Waals surface area contributed by atoms with Crippen LogP contribution < -0.4 is 10.2 Å². The van der Waals surface area contributed by atoms with Gasteiger partial charge in [0.1, 0.15) is 6.04 Å². The molecule has 0 unspecified atom stereocenters. The average molecular weight is 691 g/mol. The molecule has 0 aliphatic carbocycles. The van der Waals surface area contributed by atoms with E-state index in [1.165, 1.54) is 23.1 Å². The Morgan fingerprint density at radius 2 is 1.74 bits per heavy atom. The first-order valence-corrected chi connectivity index (χ1v) is 17.3. The van der Waals surface area contributed by atoms with Crippen LogP contribution in [0.15, 0.2) is 53.4 Å². The summed E-state index contributed by atoms with van der Waals surface area (Å²) < 4.78 is 29.3. The average Bonchev–Trinajstić information content (AvgIpc) is 3.01. The Labute approximate surface area is 281 Å². The Kier molecular flexibility index (Phi) is 11.0. The molecule has 3 amide bonds. The van der Waals surface area contributed by atoms with Crippen molar-refractivity contribution in [3.8, 4) is 0 Å². The zero-order chi connectivity index (χ0) is 34.8. The number of amides is 3. The van der Waals surface area contributed by atoms with Gasteiger partial charge in [-0.05, 0) is 50.8 Å². The summed E-state index contributed by atoms with van der Waals surface area (Å²) in [5.41, 5.74) is -0.700. The predicted octanol–water partition coefficient (Wildman–Crippen LogP) is 3.37. The first-order valence-electron chi connectivity index (χ1n) is 15.5. The molecule has 15 heteroatoms. The van der Waals surface area contributed by atoms with E-state index in [1.54, 1.807) is 43.3 Å². The Morgan fingerprint density at radius 1 is 1.11 bits per heavy atom. The number of hydrogen-bond acceptors (Lipinski definition) is 8. The summed E-state index contributed by atoms with van der Waals surface area (Å²) in [6, 6.07) is 10.7. The number of para-hydroxylation sites is 2. The van der Waals surface area contributed by atoms with Crippen LogP contribution >= 0.6 is 11.6 Å². The second-order valence-electron chi connectivity index (χ2n) is 13.4. The monoisotopic (exact) mass is 690 g/mol. The molecule has 0 spiro atoms. The summed E-state index contributed by atoms with van der Waals surface area (Å²) >= 11 is 6.43. The molecule has 2 fully saturated rings. The molecular weight excluding hydrogens is 648 g/mol. The minimum atomic E-state index is -4.47. The third-order valence-corrected chi connectivity index (χ3v) is 10.9. The Bertz CT molecular complexity index is 1630. The van der Waals surface area contributed by atoms with Gasteiger partial charge >= 0.3 is 0 Å². The molecule has 0 radical (unpaired) electrons. The third-order valence-electron chi connectivity index (χ3n) is 8.72. The van der Waals surface area contributed by atoms with Crippen LogP contribution in [-0.4, -0.2) is 103 Å². The number of nitrogens with one attached hydrogen (secondary N) is 1. The lowest BCUT2D eigenvalue weighted by Crippen LogP contribution is -2.68. The number of piperazine rings is 1. The lowest BCUT2D eigenvalue weighted by atomic mass is 9.88. The molecule has 3 atom stereocenters. The van der Waals surface area contributed by atoms with Crippen molar-refractivity contribution in [3.63, 3.8) is 0 Å². The van der Waals surface area contributed by atoms with Crippen LogP contribution in [0.25, 0.3) is 0 Å². The van der Waals surface area contributed by atoms with E-state index in [0.717, 1.165) is 10.4 Å². The van der Waals surface area contributed by atoms with E-state index in [-0.39, 0.29) is 50.3 Å². The van der Waals surface area contributed by atoms with Gasteiger partial charge in [-0.25, -0.2) is 8.42 Å². The minimum Gasteiger partial charge on any atom is -0.347 e. The van der Waals surface area contributed by atoms with Crippen LogP contribution in [0.5, 0.6) is 0 Å². The number of carbonyl (C=O) groups is 3. The zero-order valence-corrected chi connectivity index (χ0v) is 29.1. The second kappa shape index (κ2) is 14.3. The fourth-order valence-corrected chi connectivity index (χ4v) is 8.35. The zero-order valence-electron chi connectivity index (χ0n) is 27.6. The van der Waals surface area contributed by atoms with Crippen molar-refractivity contribution in [3.05, 3.63) is 63.7 Å². The lowest BCUT2D eigenvalue weighted by molar-refractivity contribution is -0.387. The van der Waals surface area contributed by atoms with Gasteiger partial charge in [0, 0.05) is 51.4 Å². The van der Waals surface area contributed by atoms with E-state index >= 15 is 0 Å². The minimum absolute atomic E-state index is 0.0777. The van der Waals surface area contributed by atoms with Crippen LogP contribution in [0.4, 0.5) is 11.4 Å². The van der Waals surface area contributed by atoms with Gasteiger partial charge in [-0.2, -0.15) is 4.31 Å². The van der Waals surface area contributed by atoms with Crippen LogP contribution in [0.3, 0.4) is 0 Å². The highest BCUT2D eigenvalue weighted by Gasteiger charge is 2.48. The number of halogens is 1. The molecule has 2 saturated heterocycles. The largest absolute Gasteiger partial charge is 0.347 e. The summed E-state index contributed by atoms with van der Waals surface area (Å²) in [5, 5.41) is 15.1. The number of nitrogens with zero attached hydrogens (tertiary/aromatic N) is 5. The van der Waals surface area contributed by atoms with Gasteiger partial charge in [0.2, 0.25) is 27.7 Å². The number of nitro benzene ring substituents is 1. The quantitative estimate of drug-likeness (QED) is 0.294. The summed E-state index contributed by atoms with van der Waals surface area (Å²) in [4.78, 5) is 56.0. The Morgan fingerprint density at radius 3 is 2.36 bits per heavy atom. The molecule has 2 aromatic carbocycles. The number of anilines is 1. The first kappa shape index (κ1) is 36.2. The topological polar surface area (TPSA) is 153 Å². The number of carbonyl (C=O) groups excluding carboxylic acids is 3. The van der Waals surface area contributed by atoms with Crippen molar-refractivity contribution in [1.82, 2.24) is 19.4 Å². The number of sulfonamides is 1. The first-order chi connectivity index (χ1) is 21.9. The normalized spacial score (nSPS) is 21.4. The number of nitro groups is 1. The van der Waals surface area contributed by atoms with E-state index in [4.69, 9.17) is 11.6 Å². The van der Waals surface area contributed by atoms with E-state index in [1.807, 2.05) is 32.6 Å². The molecule has 47 heavy (non-hydrogen) atoms. The van der Waals surface area contributed by atoms with E-state index in [0.29, 0.717) is 17.1 Å².